The first-order chi connectivity index (χ1) is 33.7. The highest BCUT2D eigenvalue weighted by molar-refractivity contribution is 6.33. The van der Waals surface area contributed by atoms with E-state index in [4.69, 9.17) is 0 Å². The summed E-state index contributed by atoms with van der Waals surface area (Å²) in [4.78, 5) is 4.62. The molecule has 0 aromatic heterocycles. The number of rotatable bonds is 8. The highest BCUT2D eigenvalue weighted by atomic mass is 15.1. The van der Waals surface area contributed by atoms with Crippen LogP contribution in [-0.4, -0.2) is 0 Å². The molecule has 0 spiro atoms. The first-order valence-corrected chi connectivity index (χ1v) is 23.4. The van der Waals surface area contributed by atoms with Crippen LogP contribution in [0.15, 0.2) is 267 Å². The van der Waals surface area contributed by atoms with Crippen molar-refractivity contribution in [2.45, 2.75) is 0 Å². The van der Waals surface area contributed by atoms with Crippen LogP contribution in [0.3, 0.4) is 0 Å². The molecule has 13 rings (SSSR count). The van der Waals surface area contributed by atoms with Crippen LogP contribution >= 0.6 is 0 Å². The molecule has 318 valence electrons. The molecule has 0 N–H and O–H groups in total. The summed E-state index contributed by atoms with van der Waals surface area (Å²) < 4.78 is 0. The Morgan fingerprint density at radius 3 is 0.662 bits per heavy atom. The fraction of sp³-hybridized carbons (Fsp3) is 0. The standard InChI is InChI=1S/C66H44N2/c1-5-17-49(18-6-1)67(50-19-7-2-8-20-50)53-35-29-45(30-36-53)47-33-39-59-61(41-47)55-25-13-15-27-57(55)63-44-66-60-40-34-48(42-62(60)56-26-14-16-28-58(56)64(66)43-65(59)63)46-31-37-54(38-32-46)68(51-21-9-3-10-22-51)52-23-11-4-12-24-52/h1-44H. The van der Waals surface area contributed by atoms with Gasteiger partial charge in [0.2, 0.25) is 0 Å². The van der Waals surface area contributed by atoms with Crippen LogP contribution in [0.2, 0.25) is 0 Å². The second-order valence-electron chi connectivity index (χ2n) is 17.7. The second-order valence-corrected chi connectivity index (χ2v) is 17.7. The molecule has 0 aliphatic rings. The van der Waals surface area contributed by atoms with E-state index in [0.29, 0.717) is 0 Å². The zero-order valence-corrected chi connectivity index (χ0v) is 37.3. The maximum Gasteiger partial charge on any atom is 0.0462 e. The number of hydrogen-bond acceptors (Lipinski definition) is 2. The van der Waals surface area contributed by atoms with Crippen molar-refractivity contribution in [2.75, 3.05) is 9.80 Å². The van der Waals surface area contributed by atoms with E-state index >= 15 is 0 Å². The van der Waals surface area contributed by atoms with Crippen LogP contribution in [0.5, 0.6) is 0 Å². The third kappa shape index (κ3) is 6.73. The Balaban J connectivity index is 0.919. The summed E-state index contributed by atoms with van der Waals surface area (Å²) in [6, 6.07) is 97.3. The van der Waals surface area contributed by atoms with Gasteiger partial charge in [-0.2, -0.15) is 0 Å². The quantitative estimate of drug-likeness (QED) is 0.111. The van der Waals surface area contributed by atoms with Crippen molar-refractivity contribution in [1.82, 2.24) is 0 Å². The van der Waals surface area contributed by atoms with Gasteiger partial charge in [-0.3, -0.25) is 0 Å². The lowest BCUT2D eigenvalue weighted by atomic mass is 9.87. The molecule has 0 bridgehead atoms. The Morgan fingerprint density at radius 2 is 0.368 bits per heavy atom. The topological polar surface area (TPSA) is 6.48 Å². The number of fused-ring (bicyclic) bond motifs is 12. The van der Waals surface area contributed by atoms with Gasteiger partial charge in [0.15, 0.2) is 0 Å². The van der Waals surface area contributed by atoms with Gasteiger partial charge in [0.25, 0.3) is 0 Å². The van der Waals surface area contributed by atoms with Crippen LogP contribution < -0.4 is 9.80 Å². The summed E-state index contributed by atoms with van der Waals surface area (Å²) in [5.41, 5.74) is 11.5. The SMILES string of the molecule is c1ccc(N(c2ccccc2)c2ccc(-c3ccc4c(c3)c3ccccc3c3cc5c6ccc(-c7ccc(N(c8ccccc8)c8ccccc8)cc7)cc6c6ccccc6c5cc43)cc2)cc1. The van der Waals surface area contributed by atoms with Gasteiger partial charge in [-0.15, -0.1) is 0 Å². The van der Waals surface area contributed by atoms with Crippen molar-refractivity contribution in [1.29, 1.82) is 0 Å². The summed E-state index contributed by atoms with van der Waals surface area (Å²) in [7, 11) is 0. The van der Waals surface area contributed by atoms with Crippen LogP contribution in [0.1, 0.15) is 0 Å². The molecule has 0 fully saturated rings. The molecule has 13 aromatic carbocycles. The summed E-state index contributed by atoms with van der Waals surface area (Å²) in [5.74, 6) is 0. The molecule has 68 heavy (non-hydrogen) atoms. The van der Waals surface area contributed by atoms with Gasteiger partial charge < -0.3 is 9.80 Å². The molecule has 0 amide bonds. The molecule has 13 aromatic rings. The summed E-state index contributed by atoms with van der Waals surface area (Å²) in [5, 5.41) is 15.2. The van der Waals surface area contributed by atoms with Gasteiger partial charge in [0.1, 0.15) is 0 Å². The third-order valence-electron chi connectivity index (χ3n) is 13.8. The highest BCUT2D eigenvalue weighted by Gasteiger charge is 2.18. The molecule has 0 saturated carbocycles. The Morgan fingerprint density at radius 1 is 0.147 bits per heavy atom. The molecule has 2 nitrogen and oxygen atoms in total. The predicted molar refractivity (Wildman–Crippen MR) is 292 cm³/mol. The van der Waals surface area contributed by atoms with Gasteiger partial charge in [0.05, 0.1) is 0 Å². The monoisotopic (exact) mass is 864 g/mol. The molecular formula is C66H44N2. The second kappa shape index (κ2) is 16.5. The minimum Gasteiger partial charge on any atom is -0.311 e. The van der Waals surface area contributed by atoms with E-state index in [0.717, 1.165) is 34.1 Å². The Labute approximate surface area is 395 Å². The van der Waals surface area contributed by atoms with Gasteiger partial charge >= 0.3 is 0 Å². The van der Waals surface area contributed by atoms with Crippen molar-refractivity contribution >= 4 is 98.8 Å². The Bertz CT molecular complexity index is 3640. The lowest BCUT2D eigenvalue weighted by Crippen LogP contribution is -2.09. The normalized spacial score (nSPS) is 11.5. The van der Waals surface area contributed by atoms with Crippen molar-refractivity contribution < 1.29 is 0 Å². The van der Waals surface area contributed by atoms with Gasteiger partial charge in [-0.05, 0) is 184 Å². The fourth-order valence-corrected chi connectivity index (χ4v) is 10.6. The van der Waals surface area contributed by atoms with Crippen LogP contribution in [0, 0.1) is 0 Å². The van der Waals surface area contributed by atoms with E-state index in [1.807, 2.05) is 0 Å². The molecule has 0 atom stereocenters. The minimum absolute atomic E-state index is 1.12. The van der Waals surface area contributed by atoms with E-state index in [1.165, 1.54) is 86.9 Å². The predicted octanol–water partition coefficient (Wildman–Crippen LogP) is 18.9. The first kappa shape index (κ1) is 39.4. The highest BCUT2D eigenvalue weighted by Crippen LogP contribution is 2.45. The van der Waals surface area contributed by atoms with Gasteiger partial charge in [-0.25, -0.2) is 0 Å². The number of nitrogens with zero attached hydrogens (tertiary/aromatic N) is 2. The molecule has 0 aliphatic carbocycles. The molecule has 0 unspecified atom stereocenters. The number of hydrogen-bond donors (Lipinski definition) is 0. The van der Waals surface area contributed by atoms with Crippen molar-refractivity contribution in [3.63, 3.8) is 0 Å². The molecule has 0 aliphatic heterocycles. The number of para-hydroxylation sites is 4. The fourth-order valence-electron chi connectivity index (χ4n) is 10.6. The Kier molecular flexibility index (Phi) is 9.54. The van der Waals surface area contributed by atoms with Crippen LogP contribution in [-0.2, 0) is 0 Å². The van der Waals surface area contributed by atoms with Crippen LogP contribution in [0.25, 0.3) is 86.9 Å². The molecule has 0 heterocycles. The van der Waals surface area contributed by atoms with Crippen LogP contribution in [0.4, 0.5) is 34.1 Å². The average molecular weight is 865 g/mol. The van der Waals surface area contributed by atoms with E-state index in [-0.39, 0.29) is 0 Å². The van der Waals surface area contributed by atoms with Crippen molar-refractivity contribution in [3.8, 4) is 22.3 Å². The third-order valence-corrected chi connectivity index (χ3v) is 13.8. The maximum atomic E-state index is 2.47. The largest absolute Gasteiger partial charge is 0.311 e. The number of benzene rings is 13. The van der Waals surface area contributed by atoms with E-state index in [1.54, 1.807) is 0 Å². The van der Waals surface area contributed by atoms with E-state index in [9.17, 15) is 0 Å². The zero-order chi connectivity index (χ0) is 45.0. The smallest absolute Gasteiger partial charge is 0.0462 e. The average Bonchev–Trinajstić information content (AvgIpc) is 3.42. The maximum absolute atomic E-state index is 2.47. The summed E-state index contributed by atoms with van der Waals surface area (Å²) in [6.45, 7) is 0. The molecular weight excluding hydrogens is 821 g/mol. The van der Waals surface area contributed by atoms with E-state index in [2.05, 4.69) is 277 Å². The first-order valence-electron chi connectivity index (χ1n) is 23.4. The zero-order valence-electron chi connectivity index (χ0n) is 37.3. The Hall–Kier alpha value is -8.98. The van der Waals surface area contributed by atoms with Gasteiger partial charge in [-0.1, -0.05) is 170 Å². The molecule has 0 radical (unpaired) electrons. The van der Waals surface area contributed by atoms with Crippen molar-refractivity contribution in [3.05, 3.63) is 267 Å². The molecule has 0 saturated heterocycles. The minimum atomic E-state index is 1.12. The van der Waals surface area contributed by atoms with E-state index < -0.39 is 0 Å². The molecule has 2 heteroatoms. The summed E-state index contributed by atoms with van der Waals surface area (Å²) in [6.07, 6.45) is 0. The van der Waals surface area contributed by atoms with Gasteiger partial charge in [0, 0.05) is 34.1 Å². The lowest BCUT2D eigenvalue weighted by molar-refractivity contribution is 1.28. The lowest BCUT2D eigenvalue weighted by Gasteiger charge is -2.25. The van der Waals surface area contributed by atoms with Crippen molar-refractivity contribution in [2.24, 2.45) is 0 Å². The number of anilines is 6. The summed E-state index contributed by atoms with van der Waals surface area (Å²) >= 11 is 0.